The highest BCUT2D eigenvalue weighted by Gasteiger charge is 2.31. The van der Waals surface area contributed by atoms with Crippen LogP contribution in [0.3, 0.4) is 0 Å². The Morgan fingerprint density at radius 2 is 1.91 bits per heavy atom. The van der Waals surface area contributed by atoms with Gasteiger partial charge in [0.25, 0.3) is 0 Å². The lowest BCUT2D eigenvalue weighted by atomic mass is 10.0. The Balaban J connectivity index is 1.32. The van der Waals surface area contributed by atoms with Crippen LogP contribution < -0.4 is 5.69 Å². The Morgan fingerprint density at radius 1 is 1.15 bits per heavy atom. The zero-order chi connectivity index (χ0) is 23.9. The van der Waals surface area contributed by atoms with Crippen LogP contribution in [0.4, 0.5) is 4.79 Å². The van der Waals surface area contributed by atoms with Crippen LogP contribution in [0.15, 0.2) is 64.0 Å². The molecule has 8 heteroatoms. The van der Waals surface area contributed by atoms with Gasteiger partial charge in [-0.1, -0.05) is 18.2 Å². The Bertz CT molecular complexity index is 1370. The molecule has 1 fully saturated rings. The number of ether oxygens (including phenoxy) is 1. The molecule has 0 unspecified atom stereocenters. The molecule has 5 rings (SSSR count). The fourth-order valence-electron chi connectivity index (χ4n) is 4.43. The van der Waals surface area contributed by atoms with Gasteiger partial charge in [0.2, 0.25) is 0 Å². The summed E-state index contributed by atoms with van der Waals surface area (Å²) in [4.78, 5) is 26.7. The van der Waals surface area contributed by atoms with Gasteiger partial charge in [-0.25, -0.2) is 19.3 Å². The number of carbonyl (C=O) groups is 1. The molecule has 1 aliphatic rings. The summed E-state index contributed by atoms with van der Waals surface area (Å²) >= 11 is 0. The Hall–Kier alpha value is -3.81. The number of nitrogens with zero attached hydrogens (tertiary/aromatic N) is 3. The summed E-state index contributed by atoms with van der Waals surface area (Å²) in [7, 11) is 0. The second-order valence-corrected chi connectivity index (χ2v) is 9.79. The number of carbonyl (C=O) groups excluding carboxylic acids is 1. The monoisotopic (exact) mass is 460 g/mol. The molecule has 34 heavy (non-hydrogen) atoms. The number of hydrogen-bond acceptors (Lipinski definition) is 5. The number of benzene rings is 2. The maximum Gasteiger partial charge on any atom is 0.410 e. The first-order valence-corrected chi connectivity index (χ1v) is 11.5. The molecular weight excluding hydrogens is 432 g/mol. The molecule has 0 spiro atoms. The average molecular weight is 461 g/mol. The molecule has 1 N–H and O–H groups in total. The number of aromatic nitrogens is 3. The summed E-state index contributed by atoms with van der Waals surface area (Å²) < 4.78 is 12.5. The highest BCUT2D eigenvalue weighted by Crippen LogP contribution is 2.27. The molecule has 1 amide bonds. The summed E-state index contributed by atoms with van der Waals surface area (Å²) in [6.45, 7) is 6.82. The van der Waals surface area contributed by atoms with Gasteiger partial charge < -0.3 is 14.1 Å². The summed E-state index contributed by atoms with van der Waals surface area (Å²) in [5.74, 6) is 0.871. The summed E-state index contributed by atoms with van der Waals surface area (Å²) in [6, 6.07) is 15.9. The molecular formula is C26H28N4O4. The zero-order valence-corrected chi connectivity index (χ0v) is 19.6. The zero-order valence-electron chi connectivity index (χ0n) is 19.6. The third-order valence-corrected chi connectivity index (χ3v) is 6.06. The molecule has 3 heterocycles. The van der Waals surface area contributed by atoms with E-state index >= 15 is 0 Å². The Labute approximate surface area is 197 Å². The summed E-state index contributed by atoms with van der Waals surface area (Å²) in [5.41, 5.74) is 2.94. The van der Waals surface area contributed by atoms with Crippen molar-refractivity contribution in [2.45, 2.75) is 39.2 Å². The molecule has 2 aromatic carbocycles. The normalized spacial score (nSPS) is 16.3. The van der Waals surface area contributed by atoms with Crippen LogP contribution in [0, 0.1) is 5.92 Å². The predicted octanol–water partition coefficient (Wildman–Crippen LogP) is 4.77. The number of H-pyrrole nitrogens is 1. The van der Waals surface area contributed by atoms with E-state index in [-0.39, 0.29) is 17.7 Å². The van der Waals surface area contributed by atoms with E-state index < -0.39 is 5.60 Å². The molecule has 1 aliphatic heterocycles. The van der Waals surface area contributed by atoms with Gasteiger partial charge in [-0.3, -0.25) is 0 Å². The van der Waals surface area contributed by atoms with Crippen molar-refractivity contribution in [1.29, 1.82) is 0 Å². The quantitative estimate of drug-likeness (QED) is 0.473. The molecule has 2 aromatic heterocycles. The third kappa shape index (κ3) is 4.48. The van der Waals surface area contributed by atoms with Gasteiger partial charge in [-0.15, -0.1) is 0 Å². The summed E-state index contributed by atoms with van der Waals surface area (Å²) in [6.07, 6.45) is 2.83. The number of likely N-dealkylation sites (tertiary alicyclic amines) is 1. The standard InChI is InChI=1S/C26H28N4O4/c1-26(2,3)34-25(32)29-12-10-17(16-29)14-23-27-28-24(31)30(23)21-7-4-18(5-8-21)19-6-9-22-20(15-19)11-13-33-22/h4-9,11,13,15,17H,10,12,14,16H2,1-3H3,(H,28,31)/t17-/m0/s1. The Kier molecular flexibility index (Phi) is 5.51. The lowest BCUT2D eigenvalue weighted by Crippen LogP contribution is -2.35. The second kappa shape index (κ2) is 8.52. The SMILES string of the molecule is CC(C)(C)OC(=O)N1CC[C@@H](Cc2n[nH]c(=O)n2-c2ccc(-c3ccc4occc4c3)cc2)C1. The third-order valence-electron chi connectivity index (χ3n) is 6.06. The van der Waals surface area contributed by atoms with E-state index in [2.05, 4.69) is 16.3 Å². The van der Waals surface area contributed by atoms with Crippen molar-refractivity contribution in [2.24, 2.45) is 5.92 Å². The van der Waals surface area contributed by atoms with Crippen LogP contribution in [0.25, 0.3) is 27.8 Å². The van der Waals surface area contributed by atoms with Crippen LogP contribution in [0.5, 0.6) is 0 Å². The van der Waals surface area contributed by atoms with Crippen molar-refractivity contribution in [3.8, 4) is 16.8 Å². The minimum absolute atomic E-state index is 0.211. The predicted molar refractivity (Wildman–Crippen MR) is 129 cm³/mol. The number of furan rings is 1. The number of nitrogens with one attached hydrogen (secondary N) is 1. The first-order chi connectivity index (χ1) is 16.3. The second-order valence-electron chi connectivity index (χ2n) is 9.79. The first-order valence-electron chi connectivity index (χ1n) is 11.5. The van der Waals surface area contributed by atoms with E-state index in [1.165, 1.54) is 0 Å². The molecule has 8 nitrogen and oxygen atoms in total. The maximum absolute atomic E-state index is 12.6. The molecule has 1 atom stereocenters. The molecule has 1 saturated heterocycles. The largest absolute Gasteiger partial charge is 0.464 e. The van der Waals surface area contributed by atoms with Crippen LogP contribution in [-0.2, 0) is 11.2 Å². The van der Waals surface area contributed by atoms with Gasteiger partial charge in [-0.05, 0) is 74.6 Å². The number of hydrogen-bond donors (Lipinski definition) is 1. The van der Waals surface area contributed by atoms with Crippen molar-refractivity contribution in [3.63, 3.8) is 0 Å². The maximum atomic E-state index is 12.6. The number of amides is 1. The number of aromatic amines is 1. The lowest BCUT2D eigenvalue weighted by Gasteiger charge is -2.24. The molecule has 0 bridgehead atoms. The van der Waals surface area contributed by atoms with E-state index in [0.29, 0.717) is 25.3 Å². The van der Waals surface area contributed by atoms with E-state index in [1.54, 1.807) is 15.7 Å². The Morgan fingerprint density at radius 3 is 2.68 bits per heavy atom. The molecule has 0 aliphatic carbocycles. The highest BCUT2D eigenvalue weighted by atomic mass is 16.6. The van der Waals surface area contributed by atoms with Crippen molar-refractivity contribution in [3.05, 3.63) is 71.1 Å². The minimum atomic E-state index is -0.520. The van der Waals surface area contributed by atoms with Gasteiger partial charge in [-0.2, -0.15) is 5.10 Å². The smallest absolute Gasteiger partial charge is 0.410 e. The van der Waals surface area contributed by atoms with Gasteiger partial charge in [0.05, 0.1) is 12.0 Å². The van der Waals surface area contributed by atoms with Crippen LogP contribution in [0.1, 0.15) is 33.0 Å². The van der Waals surface area contributed by atoms with E-state index in [0.717, 1.165) is 34.2 Å². The highest BCUT2D eigenvalue weighted by molar-refractivity contribution is 5.83. The lowest BCUT2D eigenvalue weighted by molar-refractivity contribution is 0.0288. The van der Waals surface area contributed by atoms with Crippen LogP contribution >= 0.6 is 0 Å². The fraction of sp³-hybridized carbons (Fsp3) is 0.346. The fourth-order valence-corrected chi connectivity index (χ4v) is 4.43. The van der Waals surface area contributed by atoms with Crippen LogP contribution in [0.2, 0.25) is 0 Å². The van der Waals surface area contributed by atoms with Crippen molar-refractivity contribution < 1.29 is 13.9 Å². The molecule has 0 radical (unpaired) electrons. The van der Waals surface area contributed by atoms with E-state index in [4.69, 9.17) is 9.15 Å². The van der Waals surface area contributed by atoms with Crippen molar-refractivity contribution >= 4 is 17.1 Å². The topological polar surface area (TPSA) is 93.4 Å². The van der Waals surface area contributed by atoms with E-state index in [1.807, 2.05) is 63.2 Å². The van der Waals surface area contributed by atoms with Crippen LogP contribution in [-0.4, -0.2) is 44.4 Å². The van der Waals surface area contributed by atoms with Crippen molar-refractivity contribution in [1.82, 2.24) is 19.7 Å². The average Bonchev–Trinajstić information content (AvgIpc) is 3.53. The minimum Gasteiger partial charge on any atom is -0.464 e. The number of fused-ring (bicyclic) bond motifs is 1. The van der Waals surface area contributed by atoms with Gasteiger partial charge in [0, 0.05) is 24.9 Å². The van der Waals surface area contributed by atoms with Gasteiger partial charge >= 0.3 is 11.8 Å². The molecule has 0 saturated carbocycles. The van der Waals surface area contributed by atoms with Crippen molar-refractivity contribution in [2.75, 3.05) is 13.1 Å². The summed E-state index contributed by atoms with van der Waals surface area (Å²) in [5, 5.41) is 7.90. The van der Waals surface area contributed by atoms with Gasteiger partial charge in [0.15, 0.2) is 0 Å². The van der Waals surface area contributed by atoms with E-state index in [9.17, 15) is 9.59 Å². The van der Waals surface area contributed by atoms with Gasteiger partial charge in [0.1, 0.15) is 17.0 Å². The molecule has 176 valence electrons. The number of rotatable bonds is 4. The first kappa shape index (κ1) is 22.0. The molecule has 4 aromatic rings.